The van der Waals surface area contributed by atoms with E-state index >= 15 is 0 Å². The van der Waals surface area contributed by atoms with E-state index in [4.69, 9.17) is 4.74 Å². The van der Waals surface area contributed by atoms with E-state index in [1.54, 1.807) is 7.11 Å². The zero-order valence-corrected chi connectivity index (χ0v) is 12.0. The number of aromatic nitrogens is 2. The first-order chi connectivity index (χ1) is 8.70. The fourth-order valence-electron chi connectivity index (χ4n) is 1.99. The number of nitrogens with one attached hydrogen (secondary N) is 1. The second kappa shape index (κ2) is 6.42. The lowest BCUT2D eigenvalue weighted by molar-refractivity contribution is 0.110. The summed E-state index contributed by atoms with van der Waals surface area (Å²) in [7, 11) is 5.97. The lowest BCUT2D eigenvalue weighted by Crippen LogP contribution is -2.45. The minimum Gasteiger partial charge on any atom is -0.383 e. The van der Waals surface area contributed by atoms with E-state index in [2.05, 4.69) is 38.6 Å². The van der Waals surface area contributed by atoms with Crippen LogP contribution in [0.1, 0.15) is 11.9 Å². The van der Waals surface area contributed by atoms with Gasteiger partial charge in [0.15, 0.2) is 5.82 Å². The molecular formula is C11H21N5OS. The Labute approximate surface area is 112 Å². The molecule has 0 amide bonds. The molecule has 0 aliphatic carbocycles. The highest BCUT2D eigenvalue weighted by molar-refractivity contribution is 7.09. The minimum atomic E-state index is 0.304. The maximum Gasteiger partial charge on any atom is 0.202 e. The van der Waals surface area contributed by atoms with Crippen LogP contribution in [0.2, 0.25) is 0 Å². The number of hydrogen-bond acceptors (Lipinski definition) is 7. The summed E-state index contributed by atoms with van der Waals surface area (Å²) in [6.45, 7) is 4.61. The summed E-state index contributed by atoms with van der Waals surface area (Å²) in [5.41, 5.74) is 0. The molecule has 0 radical (unpaired) electrons. The number of rotatable bonds is 5. The molecule has 1 aromatic heterocycles. The fraction of sp³-hybridized carbons (Fsp3) is 0.818. The summed E-state index contributed by atoms with van der Waals surface area (Å²) >= 11 is 1.42. The van der Waals surface area contributed by atoms with Gasteiger partial charge in [0, 0.05) is 44.8 Å². The summed E-state index contributed by atoms with van der Waals surface area (Å²) in [5, 5.41) is 4.10. The second-order valence-electron chi connectivity index (χ2n) is 4.64. The lowest BCUT2D eigenvalue weighted by atomic mass is 10.2. The predicted octanol–water partition coefficient (Wildman–Crippen LogP) is 0.515. The van der Waals surface area contributed by atoms with Crippen LogP contribution < -0.4 is 5.32 Å². The number of methoxy groups -OCH3 is 1. The zero-order chi connectivity index (χ0) is 13.0. The van der Waals surface area contributed by atoms with Crippen molar-refractivity contribution < 1.29 is 4.74 Å². The molecule has 1 atom stereocenters. The first kappa shape index (κ1) is 13.7. The highest BCUT2D eigenvalue weighted by Gasteiger charge is 2.26. The highest BCUT2D eigenvalue weighted by atomic mass is 32.1. The molecule has 102 valence electrons. The molecule has 0 bridgehead atoms. The first-order valence-corrected chi connectivity index (χ1v) is 6.93. The van der Waals surface area contributed by atoms with Gasteiger partial charge in [-0.2, -0.15) is 4.37 Å². The molecule has 1 aliphatic rings. The monoisotopic (exact) mass is 271 g/mol. The highest BCUT2D eigenvalue weighted by Crippen LogP contribution is 2.23. The van der Waals surface area contributed by atoms with Gasteiger partial charge in [0.25, 0.3) is 0 Å². The zero-order valence-electron chi connectivity index (χ0n) is 11.2. The Hall–Kier alpha value is -0.760. The maximum absolute atomic E-state index is 5.00. The third kappa shape index (κ3) is 3.38. The molecule has 1 fully saturated rings. The summed E-state index contributed by atoms with van der Waals surface area (Å²) in [6.07, 6.45) is 0. The van der Waals surface area contributed by atoms with Gasteiger partial charge >= 0.3 is 0 Å². The van der Waals surface area contributed by atoms with Crippen LogP contribution in [-0.4, -0.2) is 73.1 Å². The van der Waals surface area contributed by atoms with Gasteiger partial charge in [0.05, 0.1) is 12.6 Å². The van der Waals surface area contributed by atoms with Gasteiger partial charge in [-0.25, -0.2) is 4.98 Å². The van der Waals surface area contributed by atoms with E-state index in [0.717, 1.165) is 37.1 Å². The molecule has 1 saturated heterocycles. The van der Waals surface area contributed by atoms with Crippen LogP contribution in [0.5, 0.6) is 0 Å². The van der Waals surface area contributed by atoms with Crippen molar-refractivity contribution in [1.82, 2.24) is 19.2 Å². The smallest absolute Gasteiger partial charge is 0.202 e. The van der Waals surface area contributed by atoms with Gasteiger partial charge < -0.3 is 15.0 Å². The Morgan fingerprint density at radius 1 is 1.44 bits per heavy atom. The lowest BCUT2D eigenvalue weighted by Gasteiger charge is -2.35. The van der Waals surface area contributed by atoms with Crippen molar-refractivity contribution in [3.8, 4) is 0 Å². The number of nitrogens with zero attached hydrogens (tertiary/aromatic N) is 4. The predicted molar refractivity (Wildman–Crippen MR) is 73.1 cm³/mol. The van der Waals surface area contributed by atoms with Crippen LogP contribution in [0.3, 0.4) is 0 Å². The molecule has 2 heterocycles. The van der Waals surface area contributed by atoms with Gasteiger partial charge in [0.1, 0.15) is 0 Å². The van der Waals surface area contributed by atoms with Crippen molar-refractivity contribution in [3.05, 3.63) is 5.82 Å². The first-order valence-electron chi connectivity index (χ1n) is 6.16. The Kier molecular flexibility index (Phi) is 4.87. The van der Waals surface area contributed by atoms with E-state index in [-0.39, 0.29) is 0 Å². The summed E-state index contributed by atoms with van der Waals surface area (Å²) in [4.78, 5) is 9.21. The van der Waals surface area contributed by atoms with Crippen molar-refractivity contribution in [3.63, 3.8) is 0 Å². The number of likely N-dealkylation sites (N-methyl/N-ethyl adjacent to an activating group) is 2. The average Bonchev–Trinajstić information content (AvgIpc) is 2.81. The number of hydrogen-bond donors (Lipinski definition) is 1. The molecule has 7 heteroatoms. The molecule has 1 unspecified atom stereocenters. The molecule has 1 N–H and O–H groups in total. The molecule has 1 aromatic rings. The molecule has 0 saturated carbocycles. The number of piperazine rings is 1. The second-order valence-corrected chi connectivity index (χ2v) is 5.39. The topological polar surface area (TPSA) is 53.5 Å². The maximum atomic E-state index is 5.00. The quantitative estimate of drug-likeness (QED) is 0.788. The van der Waals surface area contributed by atoms with Crippen LogP contribution in [0.4, 0.5) is 5.13 Å². The molecule has 6 nitrogen and oxygen atoms in total. The third-order valence-corrected chi connectivity index (χ3v) is 3.86. The summed E-state index contributed by atoms with van der Waals surface area (Å²) < 4.78 is 9.46. The Morgan fingerprint density at radius 2 is 2.28 bits per heavy atom. The third-order valence-electron chi connectivity index (χ3n) is 3.17. The Morgan fingerprint density at radius 3 is 3.06 bits per heavy atom. The van der Waals surface area contributed by atoms with E-state index in [1.807, 2.05) is 0 Å². The van der Waals surface area contributed by atoms with Gasteiger partial charge in [-0.1, -0.05) is 0 Å². The average molecular weight is 271 g/mol. The molecule has 1 aliphatic heterocycles. The molecule has 2 rings (SSSR count). The summed E-state index contributed by atoms with van der Waals surface area (Å²) in [6, 6.07) is 0.304. The van der Waals surface area contributed by atoms with Gasteiger partial charge in [0.2, 0.25) is 5.13 Å². The standard InChI is InChI=1S/C11H21N5OS/c1-15-5-6-16(2)9(8-15)10-13-11(18-14-10)12-4-7-17-3/h9H,4-8H2,1-3H3,(H,12,13,14). The summed E-state index contributed by atoms with van der Waals surface area (Å²) in [5.74, 6) is 0.925. The SMILES string of the molecule is COCCNc1nc(C2CN(C)CCN2C)ns1. The largest absolute Gasteiger partial charge is 0.383 e. The van der Waals surface area contributed by atoms with E-state index in [0.29, 0.717) is 12.6 Å². The fourth-order valence-corrected chi connectivity index (χ4v) is 2.63. The van der Waals surface area contributed by atoms with E-state index in [1.165, 1.54) is 11.5 Å². The Balaban J connectivity index is 1.95. The molecular weight excluding hydrogens is 250 g/mol. The molecule has 18 heavy (non-hydrogen) atoms. The van der Waals surface area contributed by atoms with Gasteiger partial charge in [-0.15, -0.1) is 0 Å². The van der Waals surface area contributed by atoms with Crippen molar-refractivity contribution in [2.45, 2.75) is 6.04 Å². The van der Waals surface area contributed by atoms with Crippen molar-refractivity contribution in [2.24, 2.45) is 0 Å². The van der Waals surface area contributed by atoms with Gasteiger partial charge in [-0.3, -0.25) is 4.90 Å². The van der Waals surface area contributed by atoms with Crippen LogP contribution in [0.15, 0.2) is 0 Å². The van der Waals surface area contributed by atoms with Crippen molar-refractivity contribution >= 4 is 16.7 Å². The minimum absolute atomic E-state index is 0.304. The number of ether oxygens (including phenoxy) is 1. The van der Waals surface area contributed by atoms with Crippen molar-refractivity contribution in [2.75, 3.05) is 59.3 Å². The van der Waals surface area contributed by atoms with E-state index < -0.39 is 0 Å². The Bertz CT molecular complexity index is 372. The van der Waals surface area contributed by atoms with Gasteiger partial charge in [-0.05, 0) is 14.1 Å². The molecule has 0 aromatic carbocycles. The van der Waals surface area contributed by atoms with Crippen LogP contribution >= 0.6 is 11.5 Å². The van der Waals surface area contributed by atoms with E-state index in [9.17, 15) is 0 Å². The normalized spacial score (nSPS) is 22.3. The van der Waals surface area contributed by atoms with Crippen LogP contribution in [-0.2, 0) is 4.74 Å². The number of anilines is 1. The van der Waals surface area contributed by atoms with Crippen LogP contribution in [0, 0.1) is 0 Å². The molecule has 0 spiro atoms. The van der Waals surface area contributed by atoms with Crippen LogP contribution in [0.25, 0.3) is 0 Å². The van der Waals surface area contributed by atoms with Crippen molar-refractivity contribution in [1.29, 1.82) is 0 Å².